The number of hydrogen-bond acceptors (Lipinski definition) is 6. The molecule has 4 rings (SSSR count). The van der Waals surface area contributed by atoms with E-state index in [9.17, 15) is 9.59 Å². The summed E-state index contributed by atoms with van der Waals surface area (Å²) in [7, 11) is 0. The number of hydrogen-bond donors (Lipinski definition) is 0. The number of morpholine rings is 1. The molecule has 1 aromatic carbocycles. The molecule has 2 atom stereocenters. The summed E-state index contributed by atoms with van der Waals surface area (Å²) in [5.74, 6) is 0.152. The van der Waals surface area contributed by atoms with Gasteiger partial charge in [0.1, 0.15) is 11.4 Å². The summed E-state index contributed by atoms with van der Waals surface area (Å²) in [5.41, 5.74) is 2.38. The molecule has 2 aliphatic rings. The fourth-order valence-electron chi connectivity index (χ4n) is 4.27. The number of imide groups is 1. The average Bonchev–Trinajstić information content (AvgIpc) is 2.99. The minimum absolute atomic E-state index is 0.0374. The molecule has 3 heterocycles. The fourth-order valence-corrected chi connectivity index (χ4v) is 4.27. The van der Waals surface area contributed by atoms with Crippen molar-refractivity contribution >= 4 is 17.4 Å². The third kappa shape index (κ3) is 4.53. The number of carbonyl (C=O) groups excluding carboxylic acids is 2. The SMILES string of the molecule is CC(C)Oc1ccc(C2=C(N3CC(C)OC(C)C3)C(=O)N(Cc3cccnc3)C2=O)cc1. The van der Waals surface area contributed by atoms with Gasteiger partial charge in [-0.25, -0.2) is 0 Å². The van der Waals surface area contributed by atoms with Gasteiger partial charge in [0, 0.05) is 25.5 Å². The minimum atomic E-state index is -0.293. The van der Waals surface area contributed by atoms with Crippen molar-refractivity contribution in [2.45, 2.75) is 52.6 Å². The molecule has 32 heavy (non-hydrogen) atoms. The van der Waals surface area contributed by atoms with E-state index >= 15 is 0 Å². The van der Waals surface area contributed by atoms with E-state index in [1.165, 1.54) is 4.90 Å². The van der Waals surface area contributed by atoms with Gasteiger partial charge in [0.15, 0.2) is 0 Å². The highest BCUT2D eigenvalue weighted by atomic mass is 16.5. The molecule has 2 amide bonds. The number of pyridine rings is 1. The molecule has 1 aromatic heterocycles. The van der Waals surface area contributed by atoms with Crippen LogP contribution in [0.4, 0.5) is 0 Å². The van der Waals surface area contributed by atoms with Crippen molar-refractivity contribution in [3.8, 4) is 5.75 Å². The largest absolute Gasteiger partial charge is 0.491 e. The maximum Gasteiger partial charge on any atom is 0.278 e. The number of rotatable bonds is 6. The van der Waals surface area contributed by atoms with E-state index in [0.717, 1.165) is 11.3 Å². The van der Waals surface area contributed by atoms with Gasteiger partial charge in [0.05, 0.1) is 30.4 Å². The van der Waals surface area contributed by atoms with E-state index < -0.39 is 0 Å². The van der Waals surface area contributed by atoms with E-state index in [1.54, 1.807) is 18.5 Å². The van der Waals surface area contributed by atoms with Crippen LogP contribution < -0.4 is 4.74 Å². The second-order valence-electron chi connectivity index (χ2n) is 8.63. The van der Waals surface area contributed by atoms with Crippen LogP contribution >= 0.6 is 0 Å². The molecule has 1 fully saturated rings. The Morgan fingerprint density at radius 2 is 1.75 bits per heavy atom. The van der Waals surface area contributed by atoms with Gasteiger partial charge in [-0.1, -0.05) is 18.2 Å². The number of amides is 2. The molecule has 7 heteroatoms. The van der Waals surface area contributed by atoms with Crippen LogP contribution in [-0.4, -0.2) is 58.0 Å². The summed E-state index contributed by atoms with van der Waals surface area (Å²) in [6, 6.07) is 11.0. The molecule has 1 saturated heterocycles. The van der Waals surface area contributed by atoms with Crippen LogP contribution in [0.15, 0.2) is 54.5 Å². The monoisotopic (exact) mass is 435 g/mol. The Hall–Kier alpha value is -3.19. The summed E-state index contributed by atoms with van der Waals surface area (Å²) < 4.78 is 11.6. The molecule has 0 N–H and O–H groups in total. The summed E-state index contributed by atoms with van der Waals surface area (Å²) in [6.07, 6.45) is 3.32. The Bertz CT molecular complexity index is 1010. The summed E-state index contributed by atoms with van der Waals surface area (Å²) in [5, 5.41) is 0. The second-order valence-corrected chi connectivity index (χ2v) is 8.63. The Labute approximate surface area is 188 Å². The predicted molar refractivity (Wildman–Crippen MR) is 121 cm³/mol. The molecule has 2 aliphatic heterocycles. The molecular weight excluding hydrogens is 406 g/mol. The zero-order valence-corrected chi connectivity index (χ0v) is 18.9. The maximum atomic E-state index is 13.5. The summed E-state index contributed by atoms with van der Waals surface area (Å²) in [6.45, 7) is 9.18. The number of carbonyl (C=O) groups is 2. The van der Waals surface area contributed by atoms with Crippen molar-refractivity contribution in [2.75, 3.05) is 13.1 Å². The third-order valence-corrected chi connectivity index (χ3v) is 5.46. The summed E-state index contributed by atoms with van der Waals surface area (Å²) in [4.78, 5) is 34.5. The number of ether oxygens (including phenoxy) is 2. The Morgan fingerprint density at radius 3 is 2.34 bits per heavy atom. The highest BCUT2D eigenvalue weighted by Gasteiger charge is 2.43. The van der Waals surface area contributed by atoms with Gasteiger partial charge in [-0.2, -0.15) is 0 Å². The van der Waals surface area contributed by atoms with E-state index in [4.69, 9.17) is 9.47 Å². The van der Waals surface area contributed by atoms with E-state index in [-0.39, 0.29) is 36.7 Å². The Kier molecular flexibility index (Phi) is 6.28. The standard InChI is InChI=1S/C25H29N3O4/c1-16(2)31-21-9-7-20(8-10-21)22-23(27-13-17(3)32-18(4)14-27)25(30)28(24(22)29)15-19-6-5-11-26-12-19/h5-12,16-18H,13-15H2,1-4H3. The van der Waals surface area contributed by atoms with Gasteiger partial charge < -0.3 is 14.4 Å². The van der Waals surface area contributed by atoms with Crippen LogP contribution in [0, 0.1) is 0 Å². The first kappa shape index (κ1) is 22.0. The minimum Gasteiger partial charge on any atom is -0.491 e. The number of aromatic nitrogens is 1. The zero-order chi connectivity index (χ0) is 22.8. The van der Waals surface area contributed by atoms with Gasteiger partial charge in [-0.05, 0) is 57.0 Å². The molecule has 2 aromatic rings. The van der Waals surface area contributed by atoms with E-state index in [1.807, 2.05) is 62.9 Å². The molecule has 0 spiro atoms. The molecule has 168 valence electrons. The summed E-state index contributed by atoms with van der Waals surface area (Å²) >= 11 is 0. The lowest BCUT2D eigenvalue weighted by atomic mass is 10.0. The number of nitrogens with zero attached hydrogens (tertiary/aromatic N) is 3. The van der Waals surface area contributed by atoms with Crippen LogP contribution in [-0.2, 0) is 20.9 Å². The van der Waals surface area contributed by atoms with Crippen LogP contribution in [0.5, 0.6) is 5.75 Å². The average molecular weight is 436 g/mol. The van der Waals surface area contributed by atoms with Crippen molar-refractivity contribution < 1.29 is 19.1 Å². The topological polar surface area (TPSA) is 72.0 Å². The van der Waals surface area contributed by atoms with Gasteiger partial charge in [-0.3, -0.25) is 19.5 Å². The van der Waals surface area contributed by atoms with Gasteiger partial charge >= 0.3 is 0 Å². The molecule has 2 unspecified atom stereocenters. The maximum absolute atomic E-state index is 13.5. The van der Waals surface area contributed by atoms with Crippen molar-refractivity contribution in [3.05, 3.63) is 65.6 Å². The normalized spacial score (nSPS) is 21.7. The van der Waals surface area contributed by atoms with Crippen molar-refractivity contribution in [2.24, 2.45) is 0 Å². The van der Waals surface area contributed by atoms with Crippen molar-refractivity contribution in [3.63, 3.8) is 0 Å². The van der Waals surface area contributed by atoms with Crippen LogP contribution in [0.25, 0.3) is 5.57 Å². The van der Waals surface area contributed by atoms with Crippen LogP contribution in [0.3, 0.4) is 0 Å². The quantitative estimate of drug-likeness (QED) is 0.649. The van der Waals surface area contributed by atoms with Crippen LogP contribution in [0.2, 0.25) is 0 Å². The van der Waals surface area contributed by atoms with Gasteiger partial charge in [0.2, 0.25) is 0 Å². The molecule has 0 radical (unpaired) electrons. The molecular formula is C25H29N3O4. The predicted octanol–water partition coefficient (Wildman–Crippen LogP) is 3.26. The van der Waals surface area contributed by atoms with Gasteiger partial charge in [-0.15, -0.1) is 0 Å². The first-order valence-corrected chi connectivity index (χ1v) is 11.0. The van der Waals surface area contributed by atoms with E-state index in [2.05, 4.69) is 4.98 Å². The highest BCUT2D eigenvalue weighted by Crippen LogP contribution is 2.34. The van der Waals surface area contributed by atoms with E-state index in [0.29, 0.717) is 29.9 Å². The molecule has 7 nitrogen and oxygen atoms in total. The van der Waals surface area contributed by atoms with Crippen molar-refractivity contribution in [1.29, 1.82) is 0 Å². The fraction of sp³-hybridized carbons (Fsp3) is 0.400. The highest BCUT2D eigenvalue weighted by molar-refractivity contribution is 6.35. The number of benzene rings is 1. The second kappa shape index (κ2) is 9.12. The molecule has 0 bridgehead atoms. The van der Waals surface area contributed by atoms with Crippen LogP contribution in [0.1, 0.15) is 38.8 Å². The van der Waals surface area contributed by atoms with Crippen molar-refractivity contribution in [1.82, 2.24) is 14.8 Å². The zero-order valence-electron chi connectivity index (χ0n) is 18.9. The lowest BCUT2D eigenvalue weighted by molar-refractivity contribution is -0.139. The Morgan fingerprint density at radius 1 is 1.06 bits per heavy atom. The Balaban J connectivity index is 1.72. The first-order valence-electron chi connectivity index (χ1n) is 11.0. The molecule has 0 saturated carbocycles. The first-order chi connectivity index (χ1) is 15.3. The lowest BCUT2D eigenvalue weighted by Crippen LogP contribution is -2.46. The third-order valence-electron chi connectivity index (χ3n) is 5.46. The van der Waals surface area contributed by atoms with Gasteiger partial charge in [0.25, 0.3) is 11.8 Å². The lowest BCUT2D eigenvalue weighted by Gasteiger charge is -2.37. The smallest absolute Gasteiger partial charge is 0.278 e. The molecule has 0 aliphatic carbocycles.